The molecule has 0 saturated carbocycles. The van der Waals surface area contributed by atoms with E-state index in [4.69, 9.17) is 10.3 Å². The number of hydrogen-bond acceptors (Lipinski definition) is 4. The molecular weight excluding hydrogens is 290 g/mol. The fraction of sp³-hybridized carbons (Fsp3) is 0.333. The summed E-state index contributed by atoms with van der Waals surface area (Å²) in [7, 11) is 0. The lowest BCUT2D eigenvalue weighted by Crippen LogP contribution is -2.37. The van der Waals surface area contributed by atoms with Crippen LogP contribution in [0.15, 0.2) is 40.9 Å². The average Bonchev–Trinajstić information content (AvgIpc) is 2.90. The molecule has 1 aromatic carbocycles. The Kier molecular flexibility index (Phi) is 6.91. The van der Waals surface area contributed by atoms with Crippen LogP contribution in [-0.2, 0) is 6.42 Å². The number of amides is 1. The second kappa shape index (κ2) is 8.44. The van der Waals surface area contributed by atoms with Crippen LogP contribution in [0.2, 0.25) is 0 Å². The second-order valence-corrected chi connectivity index (χ2v) is 4.64. The molecule has 0 radical (unpaired) electrons. The highest BCUT2D eigenvalue weighted by Gasteiger charge is 2.18. The van der Waals surface area contributed by atoms with Crippen LogP contribution in [0.3, 0.4) is 0 Å². The first kappa shape index (κ1) is 17.2. The quantitative estimate of drug-likeness (QED) is 0.886. The Morgan fingerprint density at radius 2 is 2.00 bits per heavy atom. The summed E-state index contributed by atoms with van der Waals surface area (Å²) in [6, 6.07) is 11.7. The molecule has 5 nitrogen and oxygen atoms in total. The number of nitrogens with two attached hydrogens (primary N) is 1. The maximum Gasteiger partial charge on any atom is 0.276 e. The molecule has 0 aliphatic rings. The number of carbonyl (C=O) groups excluding carboxylic acids is 1. The van der Waals surface area contributed by atoms with Gasteiger partial charge in [0, 0.05) is 25.7 Å². The highest BCUT2D eigenvalue weighted by Crippen LogP contribution is 2.08. The fourth-order valence-corrected chi connectivity index (χ4v) is 2.01. The Balaban J connectivity index is 0.00000220. The Hall–Kier alpha value is -1.85. The molecule has 21 heavy (non-hydrogen) atoms. The minimum atomic E-state index is -0.136. The summed E-state index contributed by atoms with van der Waals surface area (Å²) in [6.45, 7) is 3.32. The minimum Gasteiger partial charge on any atom is -0.361 e. The third kappa shape index (κ3) is 4.88. The van der Waals surface area contributed by atoms with Gasteiger partial charge in [-0.05, 0) is 18.9 Å². The van der Waals surface area contributed by atoms with E-state index in [0.29, 0.717) is 31.1 Å². The van der Waals surface area contributed by atoms with E-state index in [2.05, 4.69) is 5.16 Å². The van der Waals surface area contributed by atoms with Crippen LogP contribution in [0, 0.1) is 6.92 Å². The van der Waals surface area contributed by atoms with E-state index in [1.54, 1.807) is 17.9 Å². The maximum absolute atomic E-state index is 12.3. The fourth-order valence-electron chi connectivity index (χ4n) is 2.01. The molecular formula is C15H20ClN3O2. The molecule has 1 heterocycles. The van der Waals surface area contributed by atoms with Crippen LogP contribution in [0.5, 0.6) is 0 Å². The van der Waals surface area contributed by atoms with Gasteiger partial charge in [0.25, 0.3) is 5.91 Å². The molecule has 2 rings (SSSR count). The Bertz CT molecular complexity index is 557. The molecule has 0 fully saturated rings. The van der Waals surface area contributed by atoms with Crippen molar-refractivity contribution in [2.24, 2.45) is 5.73 Å². The lowest BCUT2D eigenvalue weighted by atomic mass is 10.1. The van der Waals surface area contributed by atoms with E-state index >= 15 is 0 Å². The number of halogens is 1. The van der Waals surface area contributed by atoms with Crippen molar-refractivity contribution in [3.63, 3.8) is 0 Å². The van der Waals surface area contributed by atoms with Gasteiger partial charge in [-0.2, -0.15) is 0 Å². The highest BCUT2D eigenvalue weighted by atomic mass is 35.5. The Morgan fingerprint density at radius 1 is 1.29 bits per heavy atom. The molecule has 0 aliphatic heterocycles. The molecule has 0 atom stereocenters. The number of rotatable bonds is 6. The molecule has 0 bridgehead atoms. The van der Waals surface area contributed by atoms with Gasteiger partial charge >= 0.3 is 0 Å². The van der Waals surface area contributed by atoms with Gasteiger partial charge < -0.3 is 15.2 Å². The zero-order valence-corrected chi connectivity index (χ0v) is 12.8. The molecule has 0 spiro atoms. The van der Waals surface area contributed by atoms with E-state index in [0.717, 1.165) is 6.42 Å². The zero-order chi connectivity index (χ0) is 14.4. The van der Waals surface area contributed by atoms with E-state index in [9.17, 15) is 4.79 Å². The van der Waals surface area contributed by atoms with Gasteiger partial charge in [0.1, 0.15) is 5.76 Å². The second-order valence-electron chi connectivity index (χ2n) is 4.64. The van der Waals surface area contributed by atoms with Crippen molar-refractivity contribution in [2.75, 3.05) is 19.6 Å². The van der Waals surface area contributed by atoms with Gasteiger partial charge in [-0.25, -0.2) is 0 Å². The van der Waals surface area contributed by atoms with Crippen LogP contribution in [0.1, 0.15) is 21.8 Å². The van der Waals surface area contributed by atoms with Crippen LogP contribution < -0.4 is 5.73 Å². The third-order valence-corrected chi connectivity index (χ3v) is 3.05. The van der Waals surface area contributed by atoms with Crippen molar-refractivity contribution in [2.45, 2.75) is 13.3 Å². The molecule has 2 N–H and O–H groups in total. The van der Waals surface area contributed by atoms with Gasteiger partial charge in [0.15, 0.2) is 5.69 Å². The van der Waals surface area contributed by atoms with Crippen molar-refractivity contribution >= 4 is 18.3 Å². The summed E-state index contributed by atoms with van der Waals surface area (Å²) >= 11 is 0. The van der Waals surface area contributed by atoms with E-state index in [1.807, 2.05) is 30.3 Å². The van der Waals surface area contributed by atoms with Crippen LogP contribution in [-0.4, -0.2) is 35.6 Å². The van der Waals surface area contributed by atoms with Gasteiger partial charge in [0.2, 0.25) is 0 Å². The average molecular weight is 310 g/mol. The summed E-state index contributed by atoms with van der Waals surface area (Å²) < 4.78 is 4.95. The van der Waals surface area contributed by atoms with Gasteiger partial charge in [-0.3, -0.25) is 4.79 Å². The number of nitrogens with zero attached hydrogens (tertiary/aromatic N) is 2. The van der Waals surface area contributed by atoms with Crippen molar-refractivity contribution in [3.05, 3.63) is 53.4 Å². The number of aromatic nitrogens is 1. The molecule has 0 saturated heterocycles. The van der Waals surface area contributed by atoms with Crippen molar-refractivity contribution in [1.82, 2.24) is 10.1 Å². The summed E-state index contributed by atoms with van der Waals surface area (Å²) in [6.07, 6.45) is 0.795. The maximum atomic E-state index is 12.3. The summed E-state index contributed by atoms with van der Waals surface area (Å²) in [5.41, 5.74) is 7.11. The lowest BCUT2D eigenvalue weighted by Gasteiger charge is -2.20. The van der Waals surface area contributed by atoms with Crippen molar-refractivity contribution < 1.29 is 9.32 Å². The monoisotopic (exact) mass is 309 g/mol. The SMILES string of the molecule is Cc1cc(C(=O)N(CCN)CCc2ccccc2)no1.Cl. The molecule has 6 heteroatoms. The number of benzene rings is 1. The van der Waals surface area contributed by atoms with Gasteiger partial charge in [-0.15, -0.1) is 12.4 Å². The molecule has 0 aliphatic carbocycles. The third-order valence-electron chi connectivity index (χ3n) is 3.05. The topological polar surface area (TPSA) is 72.4 Å². The van der Waals surface area contributed by atoms with Crippen molar-refractivity contribution in [1.29, 1.82) is 0 Å². The minimum absolute atomic E-state index is 0. The van der Waals surface area contributed by atoms with Crippen LogP contribution in [0.25, 0.3) is 0 Å². The van der Waals surface area contributed by atoms with Gasteiger partial charge in [0.05, 0.1) is 0 Å². The normalized spacial score (nSPS) is 10.0. The highest BCUT2D eigenvalue weighted by molar-refractivity contribution is 5.92. The molecule has 0 unspecified atom stereocenters. The number of hydrogen-bond donors (Lipinski definition) is 1. The van der Waals surface area contributed by atoms with E-state index < -0.39 is 0 Å². The van der Waals surface area contributed by atoms with E-state index in [-0.39, 0.29) is 18.3 Å². The van der Waals surface area contributed by atoms with Crippen molar-refractivity contribution in [3.8, 4) is 0 Å². The summed E-state index contributed by atoms with van der Waals surface area (Å²) in [5.74, 6) is 0.493. The molecule has 2 aromatic rings. The zero-order valence-electron chi connectivity index (χ0n) is 12.0. The predicted molar refractivity (Wildman–Crippen MR) is 83.6 cm³/mol. The lowest BCUT2D eigenvalue weighted by molar-refractivity contribution is 0.0751. The molecule has 114 valence electrons. The first-order chi connectivity index (χ1) is 9.70. The van der Waals surface area contributed by atoms with Crippen LogP contribution >= 0.6 is 12.4 Å². The first-order valence-electron chi connectivity index (χ1n) is 6.67. The molecule has 1 aromatic heterocycles. The summed E-state index contributed by atoms with van der Waals surface area (Å²) in [4.78, 5) is 14.0. The smallest absolute Gasteiger partial charge is 0.276 e. The first-order valence-corrected chi connectivity index (χ1v) is 6.67. The largest absolute Gasteiger partial charge is 0.361 e. The van der Waals surface area contributed by atoms with Gasteiger partial charge in [-0.1, -0.05) is 35.5 Å². The number of aryl methyl sites for hydroxylation is 1. The van der Waals surface area contributed by atoms with Crippen LogP contribution in [0.4, 0.5) is 0 Å². The Labute approximate surface area is 130 Å². The predicted octanol–water partition coefficient (Wildman–Crippen LogP) is 2.05. The molecule has 1 amide bonds. The standard InChI is InChI=1S/C15H19N3O2.ClH/c1-12-11-14(17-20-12)15(19)18(10-8-16)9-7-13-5-3-2-4-6-13;/h2-6,11H,7-10,16H2,1H3;1H. The Morgan fingerprint density at radius 3 is 2.57 bits per heavy atom. The van der Waals surface area contributed by atoms with E-state index in [1.165, 1.54) is 5.56 Å². The number of carbonyl (C=O) groups is 1. The summed E-state index contributed by atoms with van der Waals surface area (Å²) in [5, 5.41) is 3.77.